The van der Waals surface area contributed by atoms with Gasteiger partial charge in [-0.2, -0.15) is 0 Å². The van der Waals surface area contributed by atoms with Crippen LogP contribution in [0.1, 0.15) is 26.1 Å². The summed E-state index contributed by atoms with van der Waals surface area (Å²) in [5, 5.41) is 0. The third-order valence-corrected chi connectivity index (χ3v) is 3.49. The summed E-state index contributed by atoms with van der Waals surface area (Å²) in [7, 11) is 0. The third-order valence-electron chi connectivity index (χ3n) is 3.49. The fourth-order valence-corrected chi connectivity index (χ4v) is 2.31. The number of aromatic nitrogens is 2. The predicted octanol–water partition coefficient (Wildman–Crippen LogP) is 2.72. The molecule has 0 bridgehead atoms. The molecule has 0 spiro atoms. The van der Waals surface area contributed by atoms with E-state index in [1.165, 1.54) is 6.07 Å². The monoisotopic (exact) mass is 249 g/mol. The van der Waals surface area contributed by atoms with Gasteiger partial charge in [0, 0.05) is 13.0 Å². The average Bonchev–Trinajstić information content (AvgIpc) is 2.72. The van der Waals surface area contributed by atoms with E-state index in [1.54, 1.807) is 12.1 Å². The van der Waals surface area contributed by atoms with Crippen LogP contribution in [0.5, 0.6) is 0 Å². The lowest BCUT2D eigenvalue weighted by Gasteiger charge is -2.12. The highest BCUT2D eigenvalue weighted by Crippen LogP contribution is 2.20. The second kappa shape index (κ2) is 5.48. The highest BCUT2D eigenvalue weighted by atomic mass is 19.1. The van der Waals surface area contributed by atoms with Crippen molar-refractivity contribution in [3.63, 3.8) is 0 Å². The van der Waals surface area contributed by atoms with E-state index < -0.39 is 0 Å². The van der Waals surface area contributed by atoms with Crippen molar-refractivity contribution in [2.24, 2.45) is 11.7 Å². The minimum absolute atomic E-state index is 0.213. The number of rotatable bonds is 5. The molecular formula is C14H20FN3. The lowest BCUT2D eigenvalue weighted by Crippen LogP contribution is -2.18. The molecular weight excluding hydrogens is 229 g/mol. The highest BCUT2D eigenvalue weighted by Gasteiger charge is 2.14. The Hall–Kier alpha value is -1.42. The first-order chi connectivity index (χ1) is 8.69. The number of nitrogens with zero attached hydrogens (tertiary/aromatic N) is 2. The molecule has 0 amide bonds. The minimum Gasteiger partial charge on any atom is -0.330 e. The van der Waals surface area contributed by atoms with Crippen LogP contribution in [-0.2, 0) is 13.0 Å². The second-order valence-corrected chi connectivity index (χ2v) is 4.62. The molecule has 1 unspecified atom stereocenters. The van der Waals surface area contributed by atoms with E-state index in [-0.39, 0.29) is 5.82 Å². The Bertz CT molecular complexity index is 529. The fourth-order valence-electron chi connectivity index (χ4n) is 2.31. The van der Waals surface area contributed by atoms with Crippen molar-refractivity contribution < 1.29 is 4.39 Å². The van der Waals surface area contributed by atoms with Crippen LogP contribution in [0.3, 0.4) is 0 Å². The number of halogens is 1. The van der Waals surface area contributed by atoms with Crippen molar-refractivity contribution in [2.45, 2.75) is 33.2 Å². The van der Waals surface area contributed by atoms with Gasteiger partial charge in [0.2, 0.25) is 0 Å². The summed E-state index contributed by atoms with van der Waals surface area (Å²) in [5.41, 5.74) is 7.48. The van der Waals surface area contributed by atoms with Crippen LogP contribution in [0, 0.1) is 11.7 Å². The Labute approximate surface area is 107 Å². The van der Waals surface area contributed by atoms with Gasteiger partial charge in [0.15, 0.2) is 0 Å². The van der Waals surface area contributed by atoms with Gasteiger partial charge in [-0.1, -0.05) is 13.3 Å². The molecule has 3 nitrogen and oxygen atoms in total. The van der Waals surface area contributed by atoms with Gasteiger partial charge in [0.1, 0.15) is 11.6 Å². The van der Waals surface area contributed by atoms with Crippen molar-refractivity contribution in [2.75, 3.05) is 6.54 Å². The number of fused-ring (bicyclic) bond motifs is 1. The van der Waals surface area contributed by atoms with Crippen LogP contribution in [0.25, 0.3) is 11.0 Å². The number of hydrogen-bond acceptors (Lipinski definition) is 2. The van der Waals surface area contributed by atoms with Gasteiger partial charge in [-0.15, -0.1) is 0 Å². The Morgan fingerprint density at radius 2 is 2.17 bits per heavy atom. The molecule has 0 aliphatic rings. The number of hydrogen-bond donors (Lipinski definition) is 1. The van der Waals surface area contributed by atoms with Crippen LogP contribution in [-0.4, -0.2) is 16.1 Å². The summed E-state index contributed by atoms with van der Waals surface area (Å²) >= 11 is 0. The Morgan fingerprint density at radius 1 is 1.39 bits per heavy atom. The predicted molar refractivity (Wildman–Crippen MR) is 71.9 cm³/mol. The van der Waals surface area contributed by atoms with E-state index in [0.717, 1.165) is 36.2 Å². The van der Waals surface area contributed by atoms with Gasteiger partial charge in [0.05, 0.1) is 11.0 Å². The molecule has 0 aliphatic heterocycles. The summed E-state index contributed by atoms with van der Waals surface area (Å²) in [6, 6.07) is 4.75. The summed E-state index contributed by atoms with van der Waals surface area (Å²) in [6.07, 6.45) is 1.90. The lowest BCUT2D eigenvalue weighted by molar-refractivity contribution is 0.494. The van der Waals surface area contributed by atoms with Crippen molar-refractivity contribution in [1.29, 1.82) is 0 Å². The molecule has 98 valence electrons. The molecule has 4 heteroatoms. The maximum Gasteiger partial charge on any atom is 0.125 e. The van der Waals surface area contributed by atoms with Gasteiger partial charge in [-0.05, 0) is 37.6 Å². The Balaban J connectivity index is 2.44. The summed E-state index contributed by atoms with van der Waals surface area (Å²) in [4.78, 5) is 4.60. The fraction of sp³-hybridized carbons (Fsp3) is 0.500. The Morgan fingerprint density at radius 3 is 2.78 bits per heavy atom. The van der Waals surface area contributed by atoms with Crippen LogP contribution in [0.4, 0.5) is 4.39 Å². The second-order valence-electron chi connectivity index (χ2n) is 4.62. The number of imidazole rings is 1. The van der Waals surface area contributed by atoms with Crippen molar-refractivity contribution in [1.82, 2.24) is 9.55 Å². The van der Waals surface area contributed by atoms with Crippen LogP contribution in [0.15, 0.2) is 18.2 Å². The number of benzene rings is 1. The molecule has 0 saturated carbocycles. The van der Waals surface area contributed by atoms with Gasteiger partial charge in [0.25, 0.3) is 0 Å². The van der Waals surface area contributed by atoms with Crippen molar-refractivity contribution >= 4 is 11.0 Å². The van der Waals surface area contributed by atoms with Crippen LogP contribution < -0.4 is 5.73 Å². The van der Waals surface area contributed by atoms with E-state index in [2.05, 4.69) is 23.4 Å². The largest absolute Gasteiger partial charge is 0.330 e. The average molecular weight is 249 g/mol. The molecule has 0 aliphatic carbocycles. The molecule has 0 saturated heterocycles. The molecule has 0 radical (unpaired) electrons. The van der Waals surface area contributed by atoms with E-state index >= 15 is 0 Å². The van der Waals surface area contributed by atoms with Crippen molar-refractivity contribution in [3.05, 3.63) is 29.8 Å². The molecule has 18 heavy (non-hydrogen) atoms. The first-order valence-electron chi connectivity index (χ1n) is 6.54. The van der Waals surface area contributed by atoms with E-state index in [9.17, 15) is 4.39 Å². The number of aryl methyl sites for hydroxylation is 1. The molecule has 1 atom stereocenters. The van der Waals surface area contributed by atoms with Crippen LogP contribution >= 0.6 is 0 Å². The summed E-state index contributed by atoms with van der Waals surface area (Å²) in [6.45, 7) is 5.66. The van der Waals surface area contributed by atoms with Crippen LogP contribution in [0.2, 0.25) is 0 Å². The standard InChI is InChI=1S/C14H20FN3/c1-3-10(9-16)7-14-17-12-6-5-11(15)8-13(12)18(14)4-2/h5-6,8,10H,3-4,7,9,16H2,1-2H3. The molecule has 2 rings (SSSR count). The zero-order chi connectivity index (χ0) is 13.1. The normalized spacial score (nSPS) is 13.1. The SMILES string of the molecule is CCC(CN)Cc1nc2ccc(F)cc2n1CC. The van der Waals surface area contributed by atoms with Gasteiger partial charge in [-0.3, -0.25) is 0 Å². The van der Waals surface area contributed by atoms with Gasteiger partial charge < -0.3 is 10.3 Å². The number of nitrogens with two attached hydrogens (primary N) is 1. The maximum atomic E-state index is 13.3. The molecule has 2 N–H and O–H groups in total. The van der Waals surface area contributed by atoms with Gasteiger partial charge >= 0.3 is 0 Å². The van der Waals surface area contributed by atoms with Gasteiger partial charge in [-0.25, -0.2) is 9.37 Å². The smallest absolute Gasteiger partial charge is 0.125 e. The maximum absolute atomic E-state index is 13.3. The van der Waals surface area contributed by atoms with Crippen molar-refractivity contribution in [3.8, 4) is 0 Å². The zero-order valence-corrected chi connectivity index (χ0v) is 11.0. The first-order valence-corrected chi connectivity index (χ1v) is 6.54. The third kappa shape index (κ3) is 2.38. The molecule has 2 aromatic rings. The first kappa shape index (κ1) is 13.0. The van der Waals surface area contributed by atoms with E-state index in [4.69, 9.17) is 5.73 Å². The zero-order valence-electron chi connectivity index (χ0n) is 11.0. The molecule has 1 aromatic carbocycles. The highest BCUT2D eigenvalue weighted by molar-refractivity contribution is 5.76. The summed E-state index contributed by atoms with van der Waals surface area (Å²) in [5.74, 6) is 1.24. The topological polar surface area (TPSA) is 43.8 Å². The molecule has 1 heterocycles. The summed E-state index contributed by atoms with van der Waals surface area (Å²) < 4.78 is 15.4. The van der Waals surface area contributed by atoms with E-state index in [0.29, 0.717) is 12.5 Å². The molecule has 0 fully saturated rings. The Kier molecular flexibility index (Phi) is 3.97. The molecule has 1 aromatic heterocycles. The van der Waals surface area contributed by atoms with E-state index in [1.807, 2.05) is 0 Å². The lowest BCUT2D eigenvalue weighted by atomic mass is 10.0. The minimum atomic E-state index is -0.213. The quantitative estimate of drug-likeness (QED) is 0.885.